The van der Waals surface area contributed by atoms with Crippen LogP contribution in [-0.2, 0) is 34.1 Å². The van der Waals surface area contributed by atoms with Gasteiger partial charge in [0.25, 0.3) is 15.9 Å². The molecular weight excluding hydrogens is 434 g/mol. The summed E-state index contributed by atoms with van der Waals surface area (Å²) in [4.78, 5) is 13.4. The summed E-state index contributed by atoms with van der Waals surface area (Å²) in [6.45, 7) is 0. The number of aryl methyl sites for hydroxylation is 2. The Morgan fingerprint density at radius 1 is 0.939 bits per heavy atom. The van der Waals surface area contributed by atoms with Gasteiger partial charge in [0.1, 0.15) is 6.04 Å². The predicted molar refractivity (Wildman–Crippen MR) is 127 cm³/mol. The van der Waals surface area contributed by atoms with Crippen molar-refractivity contribution in [3.05, 3.63) is 95.8 Å². The first-order valence-electron chi connectivity index (χ1n) is 11.2. The fourth-order valence-corrected chi connectivity index (χ4v) is 5.44. The minimum absolute atomic E-state index is 0.0628. The molecule has 0 saturated carbocycles. The fourth-order valence-electron chi connectivity index (χ4n) is 4.39. The second-order valence-corrected chi connectivity index (χ2v) is 10.2. The number of aromatic nitrogens is 2. The zero-order chi connectivity index (χ0) is 22.8. The van der Waals surface area contributed by atoms with E-state index in [1.165, 1.54) is 6.07 Å². The van der Waals surface area contributed by atoms with Gasteiger partial charge in [-0.1, -0.05) is 60.7 Å². The monoisotopic (exact) mass is 459 g/mol. The minimum atomic E-state index is -4.04. The molecule has 1 atom stereocenters. The molecule has 1 heterocycles. The maximum absolute atomic E-state index is 13.4. The van der Waals surface area contributed by atoms with Crippen LogP contribution in [0.5, 0.6) is 0 Å². The number of carbonyl (C=O) groups excluding carboxylic acids is 1. The molecule has 168 valence electrons. The quantitative estimate of drug-likeness (QED) is 0.469. The van der Waals surface area contributed by atoms with Crippen LogP contribution in [0.1, 0.15) is 35.7 Å². The maximum Gasteiger partial charge on any atom is 0.264 e. The summed E-state index contributed by atoms with van der Waals surface area (Å²) in [5.41, 5.74) is 3.09. The second-order valence-electron chi connectivity index (χ2n) is 8.47. The molecule has 1 aliphatic carbocycles. The standard InChI is InChI=1S/C26H25N3O3S/c30-26(28-33(31,32)23-15-14-20-10-4-5-11-21(20)17-23)25(16-19-8-2-1-3-9-19)29-18-22-12-6-7-13-24(22)27-29/h1-5,8-11,14-15,17-18,25H,6-7,12-13,16H2,(H,28,30). The topological polar surface area (TPSA) is 81.1 Å². The molecule has 1 aliphatic rings. The van der Waals surface area contributed by atoms with Gasteiger partial charge in [-0.25, -0.2) is 13.1 Å². The van der Waals surface area contributed by atoms with Crippen molar-refractivity contribution in [3.63, 3.8) is 0 Å². The highest BCUT2D eigenvalue weighted by Gasteiger charge is 2.28. The molecule has 0 spiro atoms. The molecule has 1 amide bonds. The second kappa shape index (κ2) is 8.83. The zero-order valence-corrected chi connectivity index (χ0v) is 19.0. The molecule has 1 N–H and O–H groups in total. The molecule has 4 aromatic rings. The van der Waals surface area contributed by atoms with Gasteiger partial charge in [-0.05, 0) is 59.7 Å². The van der Waals surface area contributed by atoms with Crippen molar-refractivity contribution in [2.24, 2.45) is 0 Å². The number of nitrogens with zero attached hydrogens (tertiary/aromatic N) is 2. The first kappa shape index (κ1) is 21.4. The number of benzene rings is 3. The summed E-state index contributed by atoms with van der Waals surface area (Å²) in [5, 5.41) is 6.41. The summed E-state index contributed by atoms with van der Waals surface area (Å²) < 4.78 is 30.2. The highest BCUT2D eigenvalue weighted by atomic mass is 32.2. The lowest BCUT2D eigenvalue weighted by molar-refractivity contribution is -0.122. The molecule has 6 nitrogen and oxygen atoms in total. The maximum atomic E-state index is 13.4. The van der Waals surface area contributed by atoms with Crippen LogP contribution in [0.25, 0.3) is 10.8 Å². The van der Waals surface area contributed by atoms with Crippen LogP contribution >= 0.6 is 0 Å². The molecule has 0 saturated heterocycles. The lowest BCUT2D eigenvalue weighted by Gasteiger charge is -2.18. The summed E-state index contributed by atoms with van der Waals surface area (Å²) in [6, 6.07) is 21.2. The molecular formula is C26H25N3O3S. The van der Waals surface area contributed by atoms with E-state index < -0.39 is 22.0 Å². The van der Waals surface area contributed by atoms with Gasteiger partial charge in [-0.2, -0.15) is 5.10 Å². The Hall–Kier alpha value is -3.45. The van der Waals surface area contributed by atoms with E-state index >= 15 is 0 Å². The van der Waals surface area contributed by atoms with Gasteiger partial charge in [0, 0.05) is 12.6 Å². The summed E-state index contributed by atoms with van der Waals surface area (Å²) in [6.07, 6.45) is 6.26. The normalized spacial score (nSPS) is 14.5. The number of fused-ring (bicyclic) bond motifs is 2. The molecule has 0 bridgehead atoms. The van der Waals surface area contributed by atoms with Crippen molar-refractivity contribution in [1.82, 2.24) is 14.5 Å². The van der Waals surface area contributed by atoms with Crippen LogP contribution in [-0.4, -0.2) is 24.1 Å². The summed E-state index contributed by atoms with van der Waals surface area (Å²) >= 11 is 0. The lowest BCUT2D eigenvalue weighted by atomic mass is 9.99. The molecule has 0 aliphatic heterocycles. The van der Waals surface area contributed by atoms with E-state index in [9.17, 15) is 13.2 Å². The van der Waals surface area contributed by atoms with Crippen LogP contribution in [0, 0.1) is 0 Å². The number of hydrogen-bond donors (Lipinski definition) is 1. The van der Waals surface area contributed by atoms with Crippen molar-refractivity contribution < 1.29 is 13.2 Å². The molecule has 7 heteroatoms. The summed E-state index contributed by atoms with van der Waals surface area (Å²) in [5.74, 6) is -0.591. The number of hydrogen-bond acceptors (Lipinski definition) is 4. The van der Waals surface area contributed by atoms with Crippen molar-refractivity contribution in [3.8, 4) is 0 Å². The predicted octanol–water partition coefficient (Wildman–Crippen LogP) is 4.20. The largest absolute Gasteiger partial charge is 0.272 e. The van der Waals surface area contributed by atoms with Crippen LogP contribution in [0.15, 0.2) is 83.9 Å². The van der Waals surface area contributed by atoms with E-state index in [4.69, 9.17) is 0 Å². The number of sulfonamides is 1. The smallest absolute Gasteiger partial charge is 0.264 e. The minimum Gasteiger partial charge on any atom is -0.272 e. The van der Waals surface area contributed by atoms with E-state index in [1.54, 1.807) is 16.8 Å². The van der Waals surface area contributed by atoms with Gasteiger partial charge in [0.15, 0.2) is 0 Å². The van der Waals surface area contributed by atoms with Gasteiger partial charge in [0.05, 0.1) is 10.6 Å². The van der Waals surface area contributed by atoms with E-state index in [0.29, 0.717) is 6.42 Å². The van der Waals surface area contributed by atoms with Crippen molar-refractivity contribution in [2.75, 3.05) is 0 Å². The SMILES string of the molecule is O=C(NS(=O)(=O)c1ccc2ccccc2c1)C(Cc1ccccc1)n1cc2c(n1)CCCC2. The molecule has 33 heavy (non-hydrogen) atoms. The highest BCUT2D eigenvalue weighted by Crippen LogP contribution is 2.24. The van der Waals surface area contributed by atoms with Gasteiger partial charge in [-0.15, -0.1) is 0 Å². The number of carbonyl (C=O) groups is 1. The Kier molecular flexibility index (Phi) is 5.72. The van der Waals surface area contributed by atoms with Gasteiger partial charge >= 0.3 is 0 Å². The van der Waals surface area contributed by atoms with E-state index in [1.807, 2.05) is 60.8 Å². The third-order valence-corrected chi connectivity index (χ3v) is 7.51. The Balaban J connectivity index is 1.46. The van der Waals surface area contributed by atoms with Crippen molar-refractivity contribution >= 4 is 26.7 Å². The first-order valence-corrected chi connectivity index (χ1v) is 12.6. The molecule has 3 aromatic carbocycles. The van der Waals surface area contributed by atoms with Crippen molar-refractivity contribution in [1.29, 1.82) is 0 Å². The fraction of sp³-hybridized carbons (Fsp3) is 0.231. The van der Waals surface area contributed by atoms with E-state index in [-0.39, 0.29) is 4.90 Å². The van der Waals surface area contributed by atoms with Crippen LogP contribution < -0.4 is 4.72 Å². The number of nitrogens with one attached hydrogen (secondary N) is 1. The Labute approximate surface area is 193 Å². The third kappa shape index (κ3) is 4.54. The third-order valence-electron chi connectivity index (χ3n) is 6.16. The van der Waals surface area contributed by atoms with Crippen LogP contribution in [0.4, 0.5) is 0 Å². The number of rotatable bonds is 6. The first-order chi connectivity index (χ1) is 16.0. The lowest BCUT2D eigenvalue weighted by Crippen LogP contribution is -2.38. The van der Waals surface area contributed by atoms with E-state index in [2.05, 4.69) is 9.82 Å². The van der Waals surface area contributed by atoms with Gasteiger partial charge in [0.2, 0.25) is 0 Å². The zero-order valence-electron chi connectivity index (χ0n) is 18.1. The summed E-state index contributed by atoms with van der Waals surface area (Å²) in [7, 11) is -4.04. The molecule has 1 unspecified atom stereocenters. The van der Waals surface area contributed by atoms with Crippen LogP contribution in [0.2, 0.25) is 0 Å². The average Bonchev–Trinajstić information content (AvgIpc) is 3.26. The highest BCUT2D eigenvalue weighted by molar-refractivity contribution is 7.90. The Bertz CT molecular complexity index is 1390. The average molecular weight is 460 g/mol. The Morgan fingerprint density at radius 3 is 2.45 bits per heavy atom. The molecule has 5 rings (SSSR count). The van der Waals surface area contributed by atoms with Gasteiger partial charge < -0.3 is 0 Å². The van der Waals surface area contributed by atoms with E-state index in [0.717, 1.165) is 53.3 Å². The molecule has 0 fully saturated rings. The molecule has 1 aromatic heterocycles. The van der Waals surface area contributed by atoms with Crippen LogP contribution in [0.3, 0.4) is 0 Å². The van der Waals surface area contributed by atoms with Gasteiger partial charge in [-0.3, -0.25) is 9.48 Å². The Morgan fingerprint density at radius 2 is 1.67 bits per heavy atom. The van der Waals surface area contributed by atoms with Crippen molar-refractivity contribution in [2.45, 2.75) is 43.0 Å². The number of amides is 1. The molecule has 0 radical (unpaired) electrons.